The van der Waals surface area contributed by atoms with Crippen LogP contribution >= 0.6 is 11.3 Å². The van der Waals surface area contributed by atoms with Crippen LogP contribution < -0.4 is 0 Å². The average molecular weight is 362 g/mol. The Morgan fingerprint density at radius 2 is 1.87 bits per heavy atom. The van der Waals surface area contributed by atoms with Gasteiger partial charge in [-0.15, -0.1) is 11.3 Å². The Bertz CT molecular complexity index is 720. The van der Waals surface area contributed by atoms with Gasteiger partial charge in [-0.05, 0) is 6.92 Å². The predicted octanol–water partition coefficient (Wildman–Crippen LogP) is 0.529. The van der Waals surface area contributed by atoms with E-state index in [4.69, 9.17) is 0 Å². The van der Waals surface area contributed by atoms with Gasteiger partial charge < -0.3 is 4.90 Å². The number of nitro groups is 1. The third kappa shape index (κ3) is 3.52. The molecule has 0 unspecified atom stereocenters. The minimum absolute atomic E-state index is 0.0628. The summed E-state index contributed by atoms with van der Waals surface area (Å²) in [5, 5.41) is 10.9. The van der Waals surface area contributed by atoms with Crippen LogP contribution in [-0.4, -0.2) is 73.0 Å². The lowest BCUT2D eigenvalue weighted by Gasteiger charge is -2.34. The summed E-state index contributed by atoms with van der Waals surface area (Å²) in [7, 11) is -0.568. The first-order valence-electron chi connectivity index (χ1n) is 6.86. The van der Waals surface area contributed by atoms with E-state index >= 15 is 0 Å². The molecule has 11 heteroatoms. The summed E-state index contributed by atoms with van der Waals surface area (Å²) in [5.41, 5.74) is -0.0628. The molecule has 128 valence electrons. The summed E-state index contributed by atoms with van der Waals surface area (Å²) in [4.78, 5) is 25.1. The number of amides is 1. The maximum Gasteiger partial charge on any atom is 0.283 e. The molecule has 2 rings (SSSR count). The first-order chi connectivity index (χ1) is 10.6. The monoisotopic (exact) mass is 362 g/mol. The summed E-state index contributed by atoms with van der Waals surface area (Å²) in [6.07, 6.45) is 0. The van der Waals surface area contributed by atoms with Gasteiger partial charge in [0, 0.05) is 46.3 Å². The highest BCUT2D eigenvalue weighted by molar-refractivity contribution is 7.86. The zero-order chi connectivity index (χ0) is 17.4. The molecule has 0 saturated carbocycles. The van der Waals surface area contributed by atoms with Crippen molar-refractivity contribution in [3.8, 4) is 0 Å². The molecule has 2 heterocycles. The smallest absolute Gasteiger partial charge is 0.283 e. The SMILES string of the molecule is Cc1sc(C(=O)N2CCN(S(=O)(=O)N(C)C)CC2)cc1[N+](=O)[O-]. The van der Waals surface area contributed by atoms with Crippen molar-refractivity contribution in [3.05, 3.63) is 25.9 Å². The van der Waals surface area contributed by atoms with E-state index in [-0.39, 0.29) is 37.8 Å². The molecule has 1 aromatic heterocycles. The molecular formula is C12H18N4O5S2. The zero-order valence-corrected chi connectivity index (χ0v) is 14.7. The molecule has 0 aliphatic carbocycles. The molecule has 0 radical (unpaired) electrons. The van der Waals surface area contributed by atoms with Crippen LogP contribution in [0.15, 0.2) is 6.07 Å². The molecule has 1 amide bonds. The van der Waals surface area contributed by atoms with E-state index in [0.717, 1.165) is 15.6 Å². The summed E-state index contributed by atoms with van der Waals surface area (Å²) < 4.78 is 26.5. The van der Waals surface area contributed by atoms with Crippen LogP contribution in [-0.2, 0) is 10.2 Å². The molecule has 0 bridgehead atoms. The molecule has 0 aromatic carbocycles. The molecule has 1 saturated heterocycles. The van der Waals surface area contributed by atoms with Gasteiger partial charge in [0.05, 0.1) is 14.7 Å². The largest absolute Gasteiger partial charge is 0.335 e. The highest BCUT2D eigenvalue weighted by Gasteiger charge is 2.31. The van der Waals surface area contributed by atoms with Crippen molar-refractivity contribution in [2.45, 2.75) is 6.92 Å². The highest BCUT2D eigenvalue weighted by Crippen LogP contribution is 2.29. The van der Waals surface area contributed by atoms with Crippen LogP contribution in [0.4, 0.5) is 5.69 Å². The van der Waals surface area contributed by atoms with Gasteiger partial charge >= 0.3 is 0 Å². The van der Waals surface area contributed by atoms with Crippen LogP contribution in [0.5, 0.6) is 0 Å². The Hall–Kier alpha value is -1.56. The first-order valence-corrected chi connectivity index (χ1v) is 9.07. The predicted molar refractivity (Wildman–Crippen MR) is 85.8 cm³/mol. The van der Waals surface area contributed by atoms with Gasteiger partial charge in [-0.2, -0.15) is 17.0 Å². The lowest BCUT2D eigenvalue weighted by atomic mass is 10.3. The topological polar surface area (TPSA) is 104 Å². The van der Waals surface area contributed by atoms with Crippen LogP contribution in [0.25, 0.3) is 0 Å². The van der Waals surface area contributed by atoms with Gasteiger partial charge in [-0.1, -0.05) is 0 Å². The number of aryl methyl sites for hydroxylation is 1. The van der Waals surface area contributed by atoms with E-state index in [0.29, 0.717) is 9.75 Å². The van der Waals surface area contributed by atoms with Crippen LogP contribution in [0, 0.1) is 17.0 Å². The second kappa shape index (κ2) is 6.51. The van der Waals surface area contributed by atoms with Crippen molar-refractivity contribution >= 4 is 33.1 Å². The van der Waals surface area contributed by atoms with Crippen LogP contribution in [0.3, 0.4) is 0 Å². The zero-order valence-electron chi connectivity index (χ0n) is 13.1. The molecule has 0 N–H and O–H groups in total. The van der Waals surface area contributed by atoms with Crippen molar-refractivity contribution in [1.29, 1.82) is 0 Å². The molecule has 9 nitrogen and oxygen atoms in total. The molecular weight excluding hydrogens is 344 g/mol. The number of carbonyl (C=O) groups is 1. The molecule has 1 fully saturated rings. The third-order valence-electron chi connectivity index (χ3n) is 3.61. The van der Waals surface area contributed by atoms with E-state index in [1.807, 2.05) is 0 Å². The maximum atomic E-state index is 12.4. The summed E-state index contributed by atoms with van der Waals surface area (Å²) >= 11 is 1.08. The standard InChI is InChI=1S/C12H18N4O5S2/c1-9-10(16(18)19)8-11(22-9)12(17)14-4-6-15(7-5-14)23(20,21)13(2)3/h8H,4-7H2,1-3H3. The molecule has 23 heavy (non-hydrogen) atoms. The lowest BCUT2D eigenvalue weighted by Crippen LogP contribution is -2.52. The minimum Gasteiger partial charge on any atom is -0.335 e. The fraction of sp³-hybridized carbons (Fsp3) is 0.583. The number of piperazine rings is 1. The molecule has 0 atom stereocenters. The van der Waals surface area contributed by atoms with Gasteiger partial charge in [-0.25, -0.2) is 0 Å². The maximum absolute atomic E-state index is 12.4. The number of hydrogen-bond donors (Lipinski definition) is 0. The average Bonchev–Trinajstić information content (AvgIpc) is 2.88. The normalized spacial score (nSPS) is 16.8. The molecule has 1 aliphatic heterocycles. The Morgan fingerprint density at radius 1 is 1.30 bits per heavy atom. The fourth-order valence-electron chi connectivity index (χ4n) is 2.27. The molecule has 1 aromatic rings. The fourth-order valence-corrected chi connectivity index (χ4v) is 4.31. The van der Waals surface area contributed by atoms with E-state index in [2.05, 4.69) is 0 Å². The third-order valence-corrected chi connectivity index (χ3v) is 6.58. The van der Waals surface area contributed by atoms with E-state index in [9.17, 15) is 23.3 Å². The second-order valence-electron chi connectivity index (χ2n) is 5.29. The number of rotatable bonds is 4. The summed E-state index contributed by atoms with van der Waals surface area (Å²) in [6, 6.07) is 1.28. The Kier molecular flexibility index (Phi) is 5.04. The molecule has 1 aliphatic rings. The summed E-state index contributed by atoms with van der Waals surface area (Å²) in [6.45, 7) is 2.53. The second-order valence-corrected chi connectivity index (χ2v) is 8.69. The van der Waals surface area contributed by atoms with Gasteiger partial charge in [0.2, 0.25) is 0 Å². The van der Waals surface area contributed by atoms with Gasteiger partial charge in [0.25, 0.3) is 21.8 Å². The van der Waals surface area contributed by atoms with Gasteiger partial charge in [0.1, 0.15) is 0 Å². The van der Waals surface area contributed by atoms with Crippen molar-refractivity contribution in [2.24, 2.45) is 0 Å². The van der Waals surface area contributed by atoms with E-state index in [1.165, 1.54) is 29.4 Å². The van der Waals surface area contributed by atoms with Gasteiger partial charge in [0.15, 0.2) is 0 Å². The van der Waals surface area contributed by atoms with Crippen molar-refractivity contribution in [1.82, 2.24) is 13.5 Å². The quantitative estimate of drug-likeness (QED) is 0.574. The Labute approximate surface area is 138 Å². The van der Waals surface area contributed by atoms with E-state index < -0.39 is 15.1 Å². The number of thiophene rings is 1. The number of hydrogen-bond acceptors (Lipinski definition) is 6. The van der Waals surface area contributed by atoms with Crippen LogP contribution in [0.1, 0.15) is 14.5 Å². The Balaban J connectivity index is 2.07. The first kappa shape index (κ1) is 17.8. The van der Waals surface area contributed by atoms with Gasteiger partial charge in [-0.3, -0.25) is 14.9 Å². The van der Waals surface area contributed by atoms with Crippen LogP contribution in [0.2, 0.25) is 0 Å². The van der Waals surface area contributed by atoms with Crippen molar-refractivity contribution in [2.75, 3.05) is 40.3 Å². The molecule has 0 spiro atoms. The minimum atomic E-state index is -3.49. The Morgan fingerprint density at radius 3 is 2.30 bits per heavy atom. The number of nitrogens with zero attached hydrogens (tertiary/aromatic N) is 4. The lowest BCUT2D eigenvalue weighted by molar-refractivity contribution is -0.385. The van der Waals surface area contributed by atoms with Crippen molar-refractivity contribution in [3.63, 3.8) is 0 Å². The van der Waals surface area contributed by atoms with Crippen molar-refractivity contribution < 1.29 is 18.1 Å². The summed E-state index contributed by atoms with van der Waals surface area (Å²) in [5.74, 6) is -0.298. The highest BCUT2D eigenvalue weighted by atomic mass is 32.2. The van der Waals surface area contributed by atoms with E-state index in [1.54, 1.807) is 6.92 Å². The number of carbonyl (C=O) groups excluding carboxylic acids is 1.